The van der Waals surface area contributed by atoms with E-state index < -0.39 is 0 Å². The number of carbonyl (C=O) groups is 1. The Balaban J connectivity index is 1.69. The van der Waals surface area contributed by atoms with Crippen molar-refractivity contribution in [2.75, 3.05) is 20.3 Å². The number of benzene rings is 2. The van der Waals surface area contributed by atoms with Crippen molar-refractivity contribution in [2.45, 2.75) is 6.61 Å². The predicted octanol–water partition coefficient (Wildman–Crippen LogP) is 4.11. The first-order chi connectivity index (χ1) is 12.7. The summed E-state index contributed by atoms with van der Waals surface area (Å²) in [7, 11) is 1.61. The molecule has 0 atom stereocenters. The number of hydrogen-bond acceptors (Lipinski definition) is 5. The highest BCUT2D eigenvalue weighted by Gasteiger charge is 2.31. The van der Waals surface area contributed by atoms with E-state index >= 15 is 0 Å². The molecule has 0 bridgehead atoms. The van der Waals surface area contributed by atoms with Crippen molar-refractivity contribution in [3.05, 3.63) is 70.6 Å². The van der Waals surface area contributed by atoms with Gasteiger partial charge in [-0.2, -0.15) is 0 Å². The molecule has 0 spiro atoms. The van der Waals surface area contributed by atoms with Gasteiger partial charge in [-0.3, -0.25) is 9.69 Å². The second-order valence-corrected chi connectivity index (χ2v) is 7.35. The van der Waals surface area contributed by atoms with Crippen molar-refractivity contribution < 1.29 is 14.3 Å². The van der Waals surface area contributed by atoms with Crippen LogP contribution in [0.5, 0.6) is 5.75 Å². The van der Waals surface area contributed by atoms with Crippen molar-refractivity contribution >= 4 is 40.3 Å². The first-order valence-electron chi connectivity index (χ1n) is 8.18. The molecule has 26 heavy (non-hydrogen) atoms. The number of thiocarbonyl (C=S) groups is 1. The number of rotatable bonds is 7. The van der Waals surface area contributed by atoms with E-state index in [9.17, 15) is 4.79 Å². The Morgan fingerprint density at radius 2 is 1.96 bits per heavy atom. The van der Waals surface area contributed by atoms with Gasteiger partial charge in [0.1, 0.15) is 16.7 Å². The molecule has 1 amide bonds. The summed E-state index contributed by atoms with van der Waals surface area (Å²) in [5.74, 6) is 0.685. The van der Waals surface area contributed by atoms with Gasteiger partial charge in [-0.25, -0.2) is 0 Å². The van der Waals surface area contributed by atoms with Crippen LogP contribution in [0.15, 0.2) is 59.5 Å². The van der Waals surface area contributed by atoms with E-state index in [0.29, 0.717) is 29.0 Å². The van der Waals surface area contributed by atoms with Crippen LogP contribution in [0.3, 0.4) is 0 Å². The quantitative estimate of drug-likeness (QED) is 0.530. The maximum absolute atomic E-state index is 12.5. The smallest absolute Gasteiger partial charge is 0.266 e. The van der Waals surface area contributed by atoms with Gasteiger partial charge >= 0.3 is 0 Å². The summed E-state index contributed by atoms with van der Waals surface area (Å²) >= 11 is 6.61. The summed E-state index contributed by atoms with van der Waals surface area (Å²) in [5, 5.41) is 0. The third kappa shape index (κ3) is 4.72. The summed E-state index contributed by atoms with van der Waals surface area (Å²) in [6.07, 6.45) is 1.85. The zero-order chi connectivity index (χ0) is 18.4. The van der Waals surface area contributed by atoms with Crippen LogP contribution < -0.4 is 4.74 Å². The number of hydrogen-bond donors (Lipinski definition) is 0. The van der Waals surface area contributed by atoms with Crippen LogP contribution in [0, 0.1) is 0 Å². The molecule has 0 aromatic heterocycles. The minimum atomic E-state index is -0.0762. The van der Waals surface area contributed by atoms with Crippen LogP contribution in [0.4, 0.5) is 0 Å². The lowest BCUT2D eigenvalue weighted by Crippen LogP contribution is -2.31. The number of methoxy groups -OCH3 is 1. The van der Waals surface area contributed by atoms with Crippen LogP contribution in [0.25, 0.3) is 6.08 Å². The third-order valence-corrected chi connectivity index (χ3v) is 5.17. The Morgan fingerprint density at radius 3 is 2.73 bits per heavy atom. The van der Waals surface area contributed by atoms with Crippen molar-refractivity contribution in [2.24, 2.45) is 0 Å². The summed E-state index contributed by atoms with van der Waals surface area (Å²) in [6.45, 7) is 1.44. The Bertz CT molecular complexity index is 821. The summed E-state index contributed by atoms with van der Waals surface area (Å²) < 4.78 is 11.4. The molecule has 1 aliphatic heterocycles. The fourth-order valence-corrected chi connectivity index (χ4v) is 3.77. The lowest BCUT2D eigenvalue weighted by Gasteiger charge is -2.12. The largest absolute Gasteiger partial charge is 0.489 e. The van der Waals surface area contributed by atoms with Crippen LogP contribution in [-0.4, -0.2) is 35.4 Å². The molecule has 2 aromatic carbocycles. The normalized spacial score (nSPS) is 15.7. The van der Waals surface area contributed by atoms with E-state index in [2.05, 4.69) is 0 Å². The standard InChI is InChI=1S/C20H19NO3S2/c1-23-11-10-21-19(22)18(26-20(21)25)13-16-8-5-9-17(12-16)24-14-15-6-3-2-4-7-15/h2-9,12-13H,10-11,14H2,1H3/b18-13-. The van der Waals surface area contributed by atoms with Gasteiger partial charge in [0.05, 0.1) is 18.1 Å². The van der Waals surface area contributed by atoms with Crippen molar-refractivity contribution in [1.29, 1.82) is 0 Å². The lowest BCUT2D eigenvalue weighted by molar-refractivity contribution is -0.122. The molecule has 1 heterocycles. The number of carbonyl (C=O) groups excluding carboxylic acids is 1. The van der Waals surface area contributed by atoms with Crippen LogP contribution in [-0.2, 0) is 16.1 Å². The lowest BCUT2D eigenvalue weighted by atomic mass is 10.2. The molecule has 0 unspecified atom stereocenters. The van der Waals surface area contributed by atoms with E-state index in [1.807, 2.05) is 60.7 Å². The fraction of sp³-hybridized carbons (Fsp3) is 0.200. The predicted molar refractivity (Wildman–Crippen MR) is 109 cm³/mol. The number of ether oxygens (including phenoxy) is 2. The van der Waals surface area contributed by atoms with Gasteiger partial charge < -0.3 is 9.47 Å². The molecule has 3 rings (SSSR count). The Morgan fingerprint density at radius 1 is 1.15 bits per heavy atom. The van der Waals surface area contributed by atoms with Crippen molar-refractivity contribution in [3.63, 3.8) is 0 Å². The fourth-order valence-electron chi connectivity index (χ4n) is 2.46. The number of thioether (sulfide) groups is 1. The SMILES string of the molecule is COCCN1C(=O)/C(=C/c2cccc(OCc3ccccc3)c2)SC1=S. The molecular weight excluding hydrogens is 366 g/mol. The molecule has 6 heteroatoms. The highest BCUT2D eigenvalue weighted by molar-refractivity contribution is 8.26. The molecular formula is C20H19NO3S2. The molecule has 1 fully saturated rings. The molecule has 1 aliphatic rings. The Kier molecular flexibility index (Phi) is 6.44. The molecule has 0 aliphatic carbocycles. The minimum Gasteiger partial charge on any atom is -0.489 e. The van der Waals surface area contributed by atoms with E-state index in [1.54, 1.807) is 12.0 Å². The zero-order valence-corrected chi connectivity index (χ0v) is 16.0. The molecule has 0 radical (unpaired) electrons. The average Bonchev–Trinajstić information content (AvgIpc) is 2.92. The highest BCUT2D eigenvalue weighted by atomic mass is 32.2. The van der Waals surface area contributed by atoms with Gasteiger partial charge in [0, 0.05) is 7.11 Å². The first kappa shape index (κ1) is 18.6. The van der Waals surface area contributed by atoms with Crippen LogP contribution in [0.2, 0.25) is 0 Å². The van der Waals surface area contributed by atoms with Gasteiger partial charge in [-0.15, -0.1) is 0 Å². The minimum absolute atomic E-state index is 0.0762. The second kappa shape index (κ2) is 8.98. The number of amides is 1. The van der Waals surface area contributed by atoms with Crippen molar-refractivity contribution in [1.82, 2.24) is 4.90 Å². The van der Waals surface area contributed by atoms with Gasteiger partial charge in [-0.1, -0.05) is 66.4 Å². The Hall–Kier alpha value is -2.15. The maximum Gasteiger partial charge on any atom is 0.266 e. The molecule has 134 valence electrons. The first-order valence-corrected chi connectivity index (χ1v) is 9.41. The van der Waals surface area contributed by atoms with Gasteiger partial charge in [0.15, 0.2) is 0 Å². The second-order valence-electron chi connectivity index (χ2n) is 5.67. The monoisotopic (exact) mass is 385 g/mol. The van der Waals surface area contributed by atoms with E-state index in [1.165, 1.54) is 11.8 Å². The molecule has 0 N–H and O–H groups in total. The highest BCUT2D eigenvalue weighted by Crippen LogP contribution is 2.32. The maximum atomic E-state index is 12.5. The van der Waals surface area contributed by atoms with Crippen molar-refractivity contribution in [3.8, 4) is 5.75 Å². The number of nitrogens with zero attached hydrogens (tertiary/aromatic N) is 1. The van der Waals surface area contributed by atoms with E-state index in [4.69, 9.17) is 21.7 Å². The van der Waals surface area contributed by atoms with Gasteiger partial charge in [0.2, 0.25) is 0 Å². The molecule has 1 saturated heterocycles. The summed E-state index contributed by atoms with van der Waals surface area (Å²) in [6, 6.07) is 17.7. The average molecular weight is 386 g/mol. The third-order valence-electron chi connectivity index (χ3n) is 3.80. The topological polar surface area (TPSA) is 38.8 Å². The van der Waals surface area contributed by atoms with E-state index in [-0.39, 0.29) is 5.91 Å². The molecule has 4 nitrogen and oxygen atoms in total. The Labute approximate surface area is 162 Å². The van der Waals surface area contributed by atoms with Crippen LogP contribution >= 0.6 is 24.0 Å². The van der Waals surface area contributed by atoms with Gasteiger partial charge in [-0.05, 0) is 29.3 Å². The summed E-state index contributed by atoms with van der Waals surface area (Å²) in [4.78, 5) is 14.7. The molecule has 2 aromatic rings. The van der Waals surface area contributed by atoms with E-state index in [0.717, 1.165) is 16.9 Å². The molecule has 0 saturated carbocycles. The van der Waals surface area contributed by atoms with Crippen LogP contribution in [0.1, 0.15) is 11.1 Å². The summed E-state index contributed by atoms with van der Waals surface area (Å²) in [5.41, 5.74) is 2.01. The van der Waals surface area contributed by atoms with Gasteiger partial charge in [0.25, 0.3) is 5.91 Å². The zero-order valence-electron chi connectivity index (χ0n) is 14.4.